The molecule has 2 fully saturated rings. The average Bonchev–Trinajstić information content (AvgIpc) is 3.26. The fourth-order valence-corrected chi connectivity index (χ4v) is 4.44. The van der Waals surface area contributed by atoms with Crippen LogP contribution in [-0.4, -0.2) is 58.6 Å². The van der Waals surface area contributed by atoms with Crippen molar-refractivity contribution < 1.29 is 22.5 Å². The highest BCUT2D eigenvalue weighted by atomic mass is 19.4. The average molecular weight is 436 g/mol. The molecule has 31 heavy (non-hydrogen) atoms. The third-order valence-electron chi connectivity index (χ3n) is 6.24. The Morgan fingerprint density at radius 2 is 1.97 bits per heavy atom. The van der Waals surface area contributed by atoms with Crippen molar-refractivity contribution in [3.05, 3.63) is 35.7 Å². The smallest absolute Gasteiger partial charge is 0.338 e. The third kappa shape index (κ3) is 5.26. The van der Waals surface area contributed by atoms with Crippen LogP contribution in [0, 0.1) is 11.8 Å². The third-order valence-corrected chi connectivity index (χ3v) is 6.24. The predicted octanol–water partition coefficient (Wildman–Crippen LogP) is 4.34. The van der Waals surface area contributed by atoms with Crippen LogP contribution in [0.15, 0.2) is 28.8 Å². The van der Waals surface area contributed by atoms with E-state index in [2.05, 4.69) is 26.5 Å². The molecule has 1 amide bonds. The monoisotopic (exact) mass is 436 g/mol. The number of hydrogen-bond donors (Lipinski definition) is 0. The molecule has 0 unspecified atom stereocenters. The second-order valence-electron chi connectivity index (χ2n) is 8.74. The Balaban J connectivity index is 1.42. The summed E-state index contributed by atoms with van der Waals surface area (Å²) in [5.74, 6) is -0.457. The fourth-order valence-electron chi connectivity index (χ4n) is 4.44. The molecular formula is C22H27F3N4O2. The molecule has 0 bridgehead atoms. The summed E-state index contributed by atoms with van der Waals surface area (Å²) in [5, 5.41) is 3.41. The normalized spacial score (nSPS) is 21.4. The van der Waals surface area contributed by atoms with Crippen molar-refractivity contribution in [1.29, 1.82) is 0 Å². The largest absolute Gasteiger partial charge is 0.471 e. The molecule has 9 heteroatoms. The van der Waals surface area contributed by atoms with Gasteiger partial charge in [-0.3, -0.25) is 4.79 Å². The second kappa shape index (κ2) is 8.98. The quantitative estimate of drug-likeness (QED) is 0.714. The summed E-state index contributed by atoms with van der Waals surface area (Å²) in [6.45, 7) is 6.95. The maximum atomic E-state index is 13.1. The summed E-state index contributed by atoms with van der Waals surface area (Å²) in [6, 6.07) is 6.40. The van der Waals surface area contributed by atoms with Gasteiger partial charge in [0.05, 0.1) is 0 Å². The molecule has 0 N–H and O–H groups in total. The Morgan fingerprint density at radius 1 is 1.19 bits per heavy atom. The first-order valence-corrected chi connectivity index (χ1v) is 10.8. The van der Waals surface area contributed by atoms with E-state index in [4.69, 9.17) is 0 Å². The first kappa shape index (κ1) is 21.8. The molecule has 168 valence electrons. The molecular weight excluding hydrogens is 409 g/mol. The molecule has 2 saturated heterocycles. The Hall–Kier alpha value is -2.42. The predicted molar refractivity (Wildman–Crippen MR) is 108 cm³/mol. The van der Waals surface area contributed by atoms with E-state index in [1.165, 1.54) is 18.9 Å². The van der Waals surface area contributed by atoms with Gasteiger partial charge in [0.25, 0.3) is 5.91 Å². The molecule has 0 saturated carbocycles. The van der Waals surface area contributed by atoms with E-state index < -0.39 is 12.1 Å². The Morgan fingerprint density at radius 3 is 2.68 bits per heavy atom. The van der Waals surface area contributed by atoms with E-state index >= 15 is 0 Å². The summed E-state index contributed by atoms with van der Waals surface area (Å²) < 4.78 is 42.5. The van der Waals surface area contributed by atoms with Gasteiger partial charge in [-0.05, 0) is 62.7 Å². The molecule has 1 aromatic heterocycles. The molecule has 0 aliphatic carbocycles. The first-order chi connectivity index (χ1) is 14.8. The maximum absolute atomic E-state index is 13.1. The Kier molecular flexibility index (Phi) is 6.31. The standard InChI is InChI=1S/C22H27F3N4O2/c1-15-7-10-28(11-8-15)13-16-4-3-9-29(14-16)20(30)18-6-2-5-17(12-18)19-26-21(31-27-19)22(23,24)25/h2,5-6,12,15-16H,3-4,7-11,13-14H2,1H3/t16-/m1/s1. The lowest BCUT2D eigenvalue weighted by Crippen LogP contribution is -2.45. The van der Waals surface area contributed by atoms with Crippen molar-refractivity contribution >= 4 is 5.91 Å². The van der Waals surface area contributed by atoms with E-state index in [1.54, 1.807) is 18.2 Å². The van der Waals surface area contributed by atoms with Crippen LogP contribution in [0.4, 0.5) is 13.2 Å². The van der Waals surface area contributed by atoms with Gasteiger partial charge >= 0.3 is 12.1 Å². The number of nitrogens with zero attached hydrogens (tertiary/aromatic N) is 4. The van der Waals surface area contributed by atoms with Crippen molar-refractivity contribution in [2.24, 2.45) is 11.8 Å². The van der Waals surface area contributed by atoms with Gasteiger partial charge in [0, 0.05) is 30.8 Å². The zero-order chi connectivity index (χ0) is 22.0. The highest BCUT2D eigenvalue weighted by Crippen LogP contribution is 2.30. The van der Waals surface area contributed by atoms with Crippen molar-refractivity contribution in [2.75, 3.05) is 32.7 Å². The lowest BCUT2D eigenvalue weighted by Gasteiger charge is -2.38. The summed E-state index contributed by atoms with van der Waals surface area (Å²) in [7, 11) is 0. The molecule has 0 spiro atoms. The van der Waals surface area contributed by atoms with E-state index in [1.807, 2.05) is 4.90 Å². The molecule has 3 heterocycles. The van der Waals surface area contributed by atoms with Crippen LogP contribution < -0.4 is 0 Å². The van der Waals surface area contributed by atoms with E-state index in [0.717, 1.165) is 38.4 Å². The zero-order valence-corrected chi connectivity index (χ0v) is 17.6. The van der Waals surface area contributed by atoms with Crippen molar-refractivity contribution in [1.82, 2.24) is 19.9 Å². The molecule has 0 radical (unpaired) electrons. The van der Waals surface area contributed by atoms with Crippen molar-refractivity contribution in [2.45, 2.75) is 38.8 Å². The fraction of sp³-hybridized carbons (Fsp3) is 0.591. The first-order valence-electron chi connectivity index (χ1n) is 10.8. The molecule has 2 aromatic rings. The van der Waals surface area contributed by atoms with Crippen LogP contribution in [0.2, 0.25) is 0 Å². The van der Waals surface area contributed by atoms with Crippen molar-refractivity contribution in [3.8, 4) is 11.4 Å². The number of carbonyl (C=O) groups excluding carboxylic acids is 1. The number of halogens is 3. The lowest BCUT2D eigenvalue weighted by molar-refractivity contribution is -0.159. The Labute approximate surface area is 179 Å². The number of alkyl halides is 3. The highest BCUT2D eigenvalue weighted by Gasteiger charge is 2.38. The molecule has 1 aromatic carbocycles. The molecule has 2 aliphatic rings. The summed E-state index contributed by atoms with van der Waals surface area (Å²) in [4.78, 5) is 20.9. The van der Waals surface area contributed by atoms with Crippen LogP contribution in [0.5, 0.6) is 0 Å². The van der Waals surface area contributed by atoms with Gasteiger partial charge in [0.2, 0.25) is 5.82 Å². The van der Waals surface area contributed by atoms with Crippen LogP contribution in [0.1, 0.15) is 48.9 Å². The summed E-state index contributed by atoms with van der Waals surface area (Å²) in [5.41, 5.74) is 0.740. The maximum Gasteiger partial charge on any atom is 0.471 e. The van der Waals surface area contributed by atoms with E-state index in [9.17, 15) is 18.0 Å². The van der Waals surface area contributed by atoms with Gasteiger partial charge < -0.3 is 14.3 Å². The topological polar surface area (TPSA) is 62.5 Å². The van der Waals surface area contributed by atoms with Gasteiger partial charge in [-0.2, -0.15) is 18.2 Å². The van der Waals surface area contributed by atoms with Gasteiger partial charge in [-0.25, -0.2) is 0 Å². The van der Waals surface area contributed by atoms with Crippen LogP contribution >= 0.6 is 0 Å². The Bertz CT molecular complexity index is 906. The summed E-state index contributed by atoms with van der Waals surface area (Å²) in [6.07, 6.45) is -0.171. The number of rotatable bonds is 4. The van der Waals surface area contributed by atoms with E-state index in [0.29, 0.717) is 30.1 Å². The van der Waals surface area contributed by atoms with Gasteiger partial charge in [-0.1, -0.05) is 24.2 Å². The van der Waals surface area contributed by atoms with Crippen LogP contribution in [0.25, 0.3) is 11.4 Å². The van der Waals surface area contributed by atoms with Gasteiger partial charge in [-0.15, -0.1) is 0 Å². The number of hydrogen-bond acceptors (Lipinski definition) is 5. The summed E-state index contributed by atoms with van der Waals surface area (Å²) >= 11 is 0. The number of likely N-dealkylation sites (tertiary alicyclic amines) is 2. The van der Waals surface area contributed by atoms with Crippen molar-refractivity contribution in [3.63, 3.8) is 0 Å². The molecule has 2 aliphatic heterocycles. The molecule has 1 atom stereocenters. The minimum absolute atomic E-state index is 0.113. The number of aromatic nitrogens is 2. The van der Waals surface area contributed by atoms with E-state index in [-0.39, 0.29) is 11.7 Å². The molecule has 4 rings (SSSR count). The highest BCUT2D eigenvalue weighted by molar-refractivity contribution is 5.95. The minimum Gasteiger partial charge on any atom is -0.338 e. The van der Waals surface area contributed by atoms with Gasteiger partial charge in [0.1, 0.15) is 0 Å². The number of carbonyl (C=O) groups is 1. The van der Waals surface area contributed by atoms with Crippen LogP contribution in [0.3, 0.4) is 0 Å². The zero-order valence-electron chi connectivity index (χ0n) is 17.6. The SMILES string of the molecule is CC1CCN(C[C@H]2CCCN(C(=O)c3cccc(-c4noc(C(F)(F)F)n4)c3)C2)CC1. The number of amides is 1. The lowest BCUT2D eigenvalue weighted by atomic mass is 9.94. The van der Waals surface area contributed by atoms with Crippen LogP contribution in [-0.2, 0) is 6.18 Å². The number of benzene rings is 1. The second-order valence-corrected chi connectivity index (χ2v) is 8.74. The van der Waals surface area contributed by atoms with Gasteiger partial charge in [0.15, 0.2) is 0 Å². The molecule has 6 nitrogen and oxygen atoms in total. The minimum atomic E-state index is -4.70. The number of piperidine rings is 2.